The summed E-state index contributed by atoms with van der Waals surface area (Å²) in [5, 5.41) is 6.03. The molecule has 3 rings (SSSR count). The Morgan fingerprint density at radius 3 is 2.17 bits per heavy atom. The maximum atomic E-state index is 12.5. The second-order valence-electron chi connectivity index (χ2n) is 7.11. The summed E-state index contributed by atoms with van der Waals surface area (Å²) in [6, 6.07) is 14.3. The fourth-order valence-electron chi connectivity index (χ4n) is 3.26. The molecule has 0 spiro atoms. The minimum atomic E-state index is -0.202. The van der Waals surface area contributed by atoms with Crippen molar-refractivity contribution in [3.63, 3.8) is 0 Å². The summed E-state index contributed by atoms with van der Waals surface area (Å²) in [7, 11) is 1.60. The number of anilines is 1. The molecule has 0 bridgehead atoms. The second-order valence-corrected chi connectivity index (χ2v) is 7.52. The number of urea groups is 1. The average molecular weight is 429 g/mol. The zero-order chi connectivity index (χ0) is 21.5. The number of hydrogen-bond donors (Lipinski definition) is 2. The highest BCUT2D eigenvalue weighted by atomic mass is 35.5. The van der Waals surface area contributed by atoms with Crippen molar-refractivity contribution in [1.82, 2.24) is 15.1 Å². The lowest BCUT2D eigenvalue weighted by molar-refractivity contribution is -0.131. The van der Waals surface area contributed by atoms with Crippen LogP contribution in [-0.2, 0) is 22.4 Å². The second kappa shape index (κ2) is 10.1. The zero-order valence-electron chi connectivity index (χ0n) is 16.9. The van der Waals surface area contributed by atoms with Crippen molar-refractivity contribution in [2.24, 2.45) is 0 Å². The van der Waals surface area contributed by atoms with Crippen LogP contribution in [0.5, 0.6) is 0 Å². The highest BCUT2D eigenvalue weighted by Crippen LogP contribution is 2.17. The molecule has 1 fully saturated rings. The van der Waals surface area contributed by atoms with Crippen molar-refractivity contribution in [2.45, 2.75) is 12.8 Å². The van der Waals surface area contributed by atoms with Crippen LogP contribution in [0.3, 0.4) is 0 Å². The number of rotatable bonds is 5. The van der Waals surface area contributed by atoms with Gasteiger partial charge in [0.2, 0.25) is 11.8 Å². The molecule has 2 N–H and O–H groups in total. The van der Waals surface area contributed by atoms with E-state index in [1.165, 1.54) is 0 Å². The minimum Gasteiger partial charge on any atom is -0.359 e. The van der Waals surface area contributed by atoms with Crippen LogP contribution in [0.4, 0.5) is 10.5 Å². The van der Waals surface area contributed by atoms with Crippen molar-refractivity contribution in [1.29, 1.82) is 0 Å². The lowest BCUT2D eigenvalue weighted by atomic mass is 10.1. The lowest BCUT2D eigenvalue weighted by Crippen LogP contribution is -2.52. The van der Waals surface area contributed by atoms with Gasteiger partial charge in [0.25, 0.3) is 0 Å². The molecule has 0 unspecified atom stereocenters. The third-order valence-electron chi connectivity index (χ3n) is 5.07. The molecule has 1 heterocycles. The molecule has 2 aromatic rings. The fraction of sp³-hybridized carbons (Fsp3) is 0.318. The molecule has 2 aromatic carbocycles. The number of halogens is 1. The highest BCUT2D eigenvalue weighted by Gasteiger charge is 2.24. The van der Waals surface area contributed by atoms with Crippen molar-refractivity contribution >= 4 is 35.1 Å². The van der Waals surface area contributed by atoms with Crippen LogP contribution in [0.2, 0.25) is 5.02 Å². The van der Waals surface area contributed by atoms with Gasteiger partial charge in [-0.15, -0.1) is 0 Å². The molecule has 0 saturated carbocycles. The number of carbonyl (C=O) groups excluding carboxylic acids is 3. The molecule has 1 aliphatic heterocycles. The number of amides is 4. The Balaban J connectivity index is 1.47. The van der Waals surface area contributed by atoms with E-state index < -0.39 is 0 Å². The van der Waals surface area contributed by atoms with Crippen LogP contribution < -0.4 is 10.6 Å². The van der Waals surface area contributed by atoms with Crippen molar-refractivity contribution in [3.8, 4) is 0 Å². The lowest BCUT2D eigenvalue weighted by Gasteiger charge is -2.34. The molecule has 1 saturated heterocycles. The predicted molar refractivity (Wildman–Crippen MR) is 117 cm³/mol. The Hall–Kier alpha value is -3.06. The largest absolute Gasteiger partial charge is 0.359 e. The summed E-state index contributed by atoms with van der Waals surface area (Å²) in [4.78, 5) is 39.9. The molecule has 0 atom stereocenters. The van der Waals surface area contributed by atoms with Gasteiger partial charge in [0.15, 0.2) is 0 Å². The summed E-state index contributed by atoms with van der Waals surface area (Å²) in [5.41, 5.74) is 2.35. The Bertz CT molecular complexity index is 909. The summed E-state index contributed by atoms with van der Waals surface area (Å²) >= 11 is 6.14. The summed E-state index contributed by atoms with van der Waals surface area (Å²) in [5.74, 6) is -0.0522. The van der Waals surface area contributed by atoms with E-state index >= 15 is 0 Å². The number of carbonyl (C=O) groups is 3. The van der Waals surface area contributed by atoms with Crippen LogP contribution in [0.25, 0.3) is 0 Å². The standard InChI is InChI=1S/C22H25ClN4O3/c1-24-20(28)14-16-6-8-18(9-7-16)25-22(30)27-12-10-26(11-13-27)21(29)15-17-4-2-3-5-19(17)23/h2-9H,10-15H2,1H3,(H,24,28)(H,25,30). The van der Waals surface area contributed by atoms with Gasteiger partial charge in [0, 0.05) is 43.9 Å². The van der Waals surface area contributed by atoms with Crippen LogP contribution in [0, 0.1) is 0 Å². The number of nitrogens with one attached hydrogen (secondary N) is 2. The SMILES string of the molecule is CNC(=O)Cc1ccc(NC(=O)N2CCN(C(=O)Cc3ccccc3Cl)CC2)cc1. The summed E-state index contributed by atoms with van der Waals surface area (Å²) < 4.78 is 0. The van der Waals surface area contributed by atoms with E-state index in [1.54, 1.807) is 35.0 Å². The molecule has 8 heteroatoms. The number of likely N-dealkylation sites (N-methyl/N-ethyl adjacent to an activating group) is 1. The van der Waals surface area contributed by atoms with Gasteiger partial charge in [-0.3, -0.25) is 9.59 Å². The topological polar surface area (TPSA) is 81.8 Å². The maximum absolute atomic E-state index is 12.5. The zero-order valence-corrected chi connectivity index (χ0v) is 17.6. The van der Waals surface area contributed by atoms with Gasteiger partial charge >= 0.3 is 6.03 Å². The molecular weight excluding hydrogens is 404 g/mol. The fourth-order valence-corrected chi connectivity index (χ4v) is 3.46. The first kappa shape index (κ1) is 21.6. The quantitative estimate of drug-likeness (QED) is 0.767. The molecular formula is C22H25ClN4O3. The third-order valence-corrected chi connectivity index (χ3v) is 5.44. The molecule has 0 aromatic heterocycles. The van der Waals surface area contributed by atoms with Crippen LogP contribution >= 0.6 is 11.6 Å². The minimum absolute atomic E-state index is 0.00913. The van der Waals surface area contributed by atoms with Gasteiger partial charge in [0.05, 0.1) is 12.8 Å². The summed E-state index contributed by atoms with van der Waals surface area (Å²) in [6.07, 6.45) is 0.559. The van der Waals surface area contributed by atoms with Gasteiger partial charge in [-0.05, 0) is 29.3 Å². The number of benzene rings is 2. The van der Waals surface area contributed by atoms with Crippen LogP contribution in [0.1, 0.15) is 11.1 Å². The number of nitrogens with zero attached hydrogens (tertiary/aromatic N) is 2. The molecule has 0 radical (unpaired) electrons. The molecule has 7 nitrogen and oxygen atoms in total. The molecule has 1 aliphatic rings. The molecule has 30 heavy (non-hydrogen) atoms. The van der Waals surface area contributed by atoms with E-state index in [0.29, 0.717) is 43.3 Å². The molecule has 158 valence electrons. The first-order valence-electron chi connectivity index (χ1n) is 9.83. The first-order valence-corrected chi connectivity index (χ1v) is 10.2. The van der Waals surface area contributed by atoms with Crippen molar-refractivity contribution in [3.05, 3.63) is 64.7 Å². The maximum Gasteiger partial charge on any atom is 0.321 e. The van der Waals surface area contributed by atoms with Crippen molar-refractivity contribution in [2.75, 3.05) is 38.5 Å². The predicted octanol–water partition coefficient (Wildman–Crippen LogP) is 2.55. The van der Waals surface area contributed by atoms with Crippen molar-refractivity contribution < 1.29 is 14.4 Å². The smallest absolute Gasteiger partial charge is 0.321 e. The van der Waals surface area contributed by atoms with Gasteiger partial charge in [-0.25, -0.2) is 4.79 Å². The highest BCUT2D eigenvalue weighted by molar-refractivity contribution is 6.31. The number of hydrogen-bond acceptors (Lipinski definition) is 3. The van der Waals surface area contributed by atoms with E-state index in [4.69, 9.17) is 11.6 Å². The number of piperazine rings is 1. The first-order chi connectivity index (χ1) is 14.5. The molecule has 0 aliphatic carbocycles. The van der Waals surface area contributed by atoms with E-state index in [2.05, 4.69) is 10.6 Å². The van der Waals surface area contributed by atoms with Gasteiger partial charge in [0.1, 0.15) is 0 Å². The Morgan fingerprint density at radius 2 is 1.53 bits per heavy atom. The Kier molecular flexibility index (Phi) is 7.30. The monoisotopic (exact) mass is 428 g/mol. The van der Waals surface area contributed by atoms with E-state index in [1.807, 2.05) is 30.3 Å². The Labute approximate surface area is 181 Å². The molecule has 4 amide bonds. The van der Waals surface area contributed by atoms with E-state index in [9.17, 15) is 14.4 Å². The van der Waals surface area contributed by atoms with Gasteiger partial charge in [-0.2, -0.15) is 0 Å². The third kappa shape index (κ3) is 5.73. The van der Waals surface area contributed by atoms with E-state index in [0.717, 1.165) is 11.1 Å². The van der Waals surface area contributed by atoms with E-state index in [-0.39, 0.29) is 24.3 Å². The van der Waals surface area contributed by atoms with Crippen LogP contribution in [0.15, 0.2) is 48.5 Å². The normalized spacial score (nSPS) is 13.7. The van der Waals surface area contributed by atoms with Gasteiger partial charge in [-0.1, -0.05) is 41.9 Å². The Morgan fingerprint density at radius 1 is 0.900 bits per heavy atom. The summed E-state index contributed by atoms with van der Waals surface area (Å²) in [6.45, 7) is 1.91. The van der Waals surface area contributed by atoms with Crippen LogP contribution in [-0.4, -0.2) is 60.9 Å². The van der Waals surface area contributed by atoms with Gasteiger partial charge < -0.3 is 20.4 Å². The average Bonchev–Trinajstić information content (AvgIpc) is 2.76.